The topological polar surface area (TPSA) is 82.6 Å². The summed E-state index contributed by atoms with van der Waals surface area (Å²) in [6, 6.07) is 6.34. The summed E-state index contributed by atoms with van der Waals surface area (Å²) in [5, 5.41) is 6.05. The molecule has 1 aliphatic heterocycles. The molecule has 1 unspecified atom stereocenters. The first-order chi connectivity index (χ1) is 16.8. The van der Waals surface area contributed by atoms with E-state index in [4.69, 9.17) is 9.72 Å². The number of halogens is 2. The molecule has 10 heteroatoms. The summed E-state index contributed by atoms with van der Waals surface area (Å²) < 4.78 is 33.0. The summed E-state index contributed by atoms with van der Waals surface area (Å²) in [4.78, 5) is 26.4. The average molecular weight is 485 g/mol. The van der Waals surface area contributed by atoms with Crippen LogP contribution in [0.1, 0.15) is 28.9 Å². The Balaban J connectivity index is 1.71. The molecule has 2 heterocycles. The molecular weight excluding hydrogens is 454 g/mol. The third-order valence-electron chi connectivity index (χ3n) is 5.82. The third-order valence-corrected chi connectivity index (χ3v) is 5.82. The fourth-order valence-corrected chi connectivity index (χ4v) is 4.00. The molecule has 1 aliphatic rings. The van der Waals surface area contributed by atoms with E-state index in [1.165, 1.54) is 12.1 Å². The Hall–Kier alpha value is -3.37. The third kappa shape index (κ3) is 6.20. The molecule has 1 fully saturated rings. The van der Waals surface area contributed by atoms with Crippen LogP contribution in [0.25, 0.3) is 11.0 Å². The van der Waals surface area contributed by atoms with Crippen LogP contribution in [0.4, 0.5) is 20.3 Å². The molecule has 2 N–H and O–H groups in total. The minimum atomic E-state index is -0.673. The highest BCUT2D eigenvalue weighted by Crippen LogP contribution is 2.29. The highest BCUT2D eigenvalue weighted by molar-refractivity contribution is 5.98. The van der Waals surface area contributed by atoms with Gasteiger partial charge in [-0.1, -0.05) is 0 Å². The van der Waals surface area contributed by atoms with Gasteiger partial charge in [0.2, 0.25) is 0 Å². The van der Waals surface area contributed by atoms with E-state index in [9.17, 15) is 13.6 Å². The lowest BCUT2D eigenvalue weighted by Crippen LogP contribution is -2.36. The largest absolute Gasteiger partial charge is 0.378 e. The predicted molar refractivity (Wildman–Crippen MR) is 132 cm³/mol. The Morgan fingerprint density at radius 2 is 1.86 bits per heavy atom. The van der Waals surface area contributed by atoms with Crippen molar-refractivity contribution < 1.29 is 18.3 Å². The number of carbonyl (C=O) groups excluding carboxylic acids is 1. The van der Waals surface area contributed by atoms with Gasteiger partial charge in [-0.15, -0.1) is 0 Å². The lowest BCUT2D eigenvalue weighted by atomic mass is 10.0. The maximum Gasteiger partial charge on any atom is 0.251 e. The van der Waals surface area contributed by atoms with Gasteiger partial charge in [0.15, 0.2) is 0 Å². The number of amides is 1. The lowest BCUT2D eigenvalue weighted by Gasteiger charge is -2.28. The molecule has 0 saturated carbocycles. The van der Waals surface area contributed by atoms with Crippen LogP contribution in [-0.2, 0) is 4.74 Å². The lowest BCUT2D eigenvalue weighted by molar-refractivity contribution is 0.0951. The van der Waals surface area contributed by atoms with Crippen LogP contribution in [-0.4, -0.2) is 74.3 Å². The number of likely N-dealkylation sites (N-methyl/N-ethyl adjacent to an activating group) is 1. The van der Waals surface area contributed by atoms with E-state index in [1.54, 1.807) is 18.3 Å². The molecule has 0 bridgehead atoms. The molecule has 1 aromatic heterocycles. The van der Waals surface area contributed by atoms with Crippen LogP contribution >= 0.6 is 0 Å². The van der Waals surface area contributed by atoms with Crippen LogP contribution in [0.5, 0.6) is 0 Å². The number of anilines is 2. The van der Waals surface area contributed by atoms with Crippen molar-refractivity contribution in [2.75, 3.05) is 63.7 Å². The molecule has 8 nitrogen and oxygen atoms in total. The zero-order chi connectivity index (χ0) is 24.9. The summed E-state index contributed by atoms with van der Waals surface area (Å²) in [6.45, 7) is 5.70. The van der Waals surface area contributed by atoms with Crippen LogP contribution in [0, 0.1) is 11.6 Å². The second-order valence-electron chi connectivity index (χ2n) is 8.84. The van der Waals surface area contributed by atoms with Crippen LogP contribution in [0.3, 0.4) is 0 Å². The summed E-state index contributed by atoms with van der Waals surface area (Å²) in [6.07, 6.45) is 1.70. The Labute approximate surface area is 203 Å². The molecule has 1 saturated heterocycles. The van der Waals surface area contributed by atoms with Gasteiger partial charge in [0.1, 0.15) is 17.5 Å². The summed E-state index contributed by atoms with van der Waals surface area (Å²) in [5.74, 6) is -0.853. The number of fused-ring (bicyclic) bond motifs is 1. The van der Waals surface area contributed by atoms with Crippen molar-refractivity contribution in [1.82, 2.24) is 20.2 Å². The van der Waals surface area contributed by atoms with Crippen molar-refractivity contribution >= 4 is 28.4 Å². The normalized spacial score (nSPS) is 14.9. The molecule has 2 aromatic carbocycles. The predicted octanol–water partition coefficient (Wildman–Crippen LogP) is 3.21. The van der Waals surface area contributed by atoms with E-state index in [0.29, 0.717) is 73.1 Å². The van der Waals surface area contributed by atoms with Gasteiger partial charge in [-0.25, -0.2) is 13.8 Å². The summed E-state index contributed by atoms with van der Waals surface area (Å²) in [7, 11) is 3.87. The Morgan fingerprint density at radius 1 is 1.14 bits per heavy atom. The molecule has 1 amide bonds. The minimum absolute atomic E-state index is 0.224. The van der Waals surface area contributed by atoms with Crippen molar-refractivity contribution in [2.24, 2.45) is 0 Å². The minimum Gasteiger partial charge on any atom is -0.378 e. The van der Waals surface area contributed by atoms with Gasteiger partial charge in [0, 0.05) is 49.1 Å². The molecule has 1 atom stereocenters. The molecule has 0 spiro atoms. The van der Waals surface area contributed by atoms with E-state index >= 15 is 0 Å². The average Bonchev–Trinajstić information content (AvgIpc) is 2.82. The molecule has 3 aromatic rings. The zero-order valence-corrected chi connectivity index (χ0v) is 20.1. The number of benzene rings is 2. The van der Waals surface area contributed by atoms with Gasteiger partial charge in [0.05, 0.1) is 36.5 Å². The van der Waals surface area contributed by atoms with Crippen LogP contribution in [0.2, 0.25) is 0 Å². The number of aromatic nitrogens is 2. The fraction of sp³-hybridized carbons (Fsp3) is 0.400. The standard InChI is InChI=1S/C25H30F2N6O2/c1-16(30-20-13-18(26)12-19(27)14-20)21-10-17(25(34)28-4-5-32(2)3)11-22-24(21)31-23(15-29-22)33-6-8-35-9-7-33/h10-16,30H,4-9H2,1-3H3,(H,28,34). The molecular formula is C25H30F2N6O2. The summed E-state index contributed by atoms with van der Waals surface area (Å²) in [5.41, 5.74) is 2.62. The second-order valence-corrected chi connectivity index (χ2v) is 8.84. The monoisotopic (exact) mass is 484 g/mol. The quantitative estimate of drug-likeness (QED) is 0.508. The number of morpholine rings is 1. The van der Waals surface area contributed by atoms with Crippen molar-refractivity contribution in [3.05, 3.63) is 59.3 Å². The highest BCUT2D eigenvalue weighted by atomic mass is 19.1. The number of hydrogen-bond donors (Lipinski definition) is 2. The van der Waals surface area contributed by atoms with E-state index in [2.05, 4.69) is 20.5 Å². The molecule has 35 heavy (non-hydrogen) atoms. The number of rotatable bonds is 8. The Bertz CT molecular complexity index is 1180. The van der Waals surface area contributed by atoms with E-state index in [1.807, 2.05) is 25.9 Å². The van der Waals surface area contributed by atoms with Crippen molar-refractivity contribution in [2.45, 2.75) is 13.0 Å². The first kappa shape index (κ1) is 24.7. The molecule has 4 rings (SSSR count). The zero-order valence-electron chi connectivity index (χ0n) is 20.1. The molecule has 186 valence electrons. The van der Waals surface area contributed by atoms with Crippen molar-refractivity contribution in [3.63, 3.8) is 0 Å². The first-order valence-corrected chi connectivity index (χ1v) is 11.6. The number of carbonyl (C=O) groups is 1. The van der Waals surface area contributed by atoms with E-state index in [0.717, 1.165) is 6.07 Å². The van der Waals surface area contributed by atoms with Gasteiger partial charge < -0.3 is 25.2 Å². The Morgan fingerprint density at radius 3 is 2.54 bits per heavy atom. The SMILES string of the molecule is CC(Nc1cc(F)cc(F)c1)c1cc(C(=O)NCCN(C)C)cc2ncc(N3CCOCC3)nc12. The first-order valence-electron chi connectivity index (χ1n) is 11.6. The maximum atomic E-state index is 13.8. The van der Waals surface area contributed by atoms with Crippen molar-refractivity contribution in [1.29, 1.82) is 0 Å². The maximum absolute atomic E-state index is 13.8. The van der Waals surface area contributed by atoms with Gasteiger partial charge >= 0.3 is 0 Å². The van der Waals surface area contributed by atoms with Gasteiger partial charge in [-0.3, -0.25) is 9.78 Å². The second kappa shape index (κ2) is 10.9. The van der Waals surface area contributed by atoms with Crippen LogP contribution < -0.4 is 15.5 Å². The number of nitrogens with one attached hydrogen (secondary N) is 2. The number of nitrogens with zero attached hydrogens (tertiary/aromatic N) is 4. The van der Waals surface area contributed by atoms with Gasteiger partial charge in [-0.2, -0.15) is 0 Å². The number of hydrogen-bond acceptors (Lipinski definition) is 7. The number of ether oxygens (including phenoxy) is 1. The highest BCUT2D eigenvalue weighted by Gasteiger charge is 2.20. The fourth-order valence-electron chi connectivity index (χ4n) is 4.00. The smallest absolute Gasteiger partial charge is 0.251 e. The van der Waals surface area contributed by atoms with E-state index < -0.39 is 17.7 Å². The Kier molecular flexibility index (Phi) is 7.72. The van der Waals surface area contributed by atoms with Gasteiger partial charge in [0.25, 0.3) is 5.91 Å². The van der Waals surface area contributed by atoms with Crippen molar-refractivity contribution in [3.8, 4) is 0 Å². The summed E-state index contributed by atoms with van der Waals surface area (Å²) >= 11 is 0. The van der Waals surface area contributed by atoms with E-state index in [-0.39, 0.29) is 5.91 Å². The van der Waals surface area contributed by atoms with Gasteiger partial charge in [-0.05, 0) is 45.3 Å². The molecule has 0 aliphatic carbocycles. The van der Waals surface area contributed by atoms with Crippen LogP contribution in [0.15, 0.2) is 36.5 Å². The molecule has 0 radical (unpaired) electrons.